The number of carbonyl (C=O) groups is 1. The number of rotatable bonds is 3. The molecule has 0 aliphatic rings. The van der Waals surface area contributed by atoms with Crippen LogP contribution in [-0.4, -0.2) is 20.9 Å². The Morgan fingerprint density at radius 1 is 1.33 bits per heavy atom. The van der Waals surface area contributed by atoms with Gasteiger partial charge in [0.05, 0.1) is 11.3 Å². The minimum absolute atomic E-state index is 0.000140. The number of alkyl halides is 3. The van der Waals surface area contributed by atoms with Gasteiger partial charge in [0.2, 0.25) is 0 Å². The van der Waals surface area contributed by atoms with E-state index in [1.807, 2.05) is 6.92 Å². The highest BCUT2D eigenvalue weighted by Crippen LogP contribution is 2.31. The van der Waals surface area contributed by atoms with Crippen LogP contribution in [0.5, 0.6) is 0 Å². The van der Waals surface area contributed by atoms with Crippen LogP contribution in [0, 0.1) is 0 Å². The lowest BCUT2D eigenvalue weighted by Crippen LogP contribution is -2.15. The van der Waals surface area contributed by atoms with Crippen molar-refractivity contribution in [1.82, 2.24) is 15.0 Å². The molecule has 0 fully saturated rings. The molecule has 9 heteroatoms. The van der Waals surface area contributed by atoms with E-state index in [4.69, 9.17) is 0 Å². The maximum atomic E-state index is 12.6. The van der Waals surface area contributed by atoms with Crippen LogP contribution in [0.4, 0.5) is 18.9 Å². The van der Waals surface area contributed by atoms with Crippen LogP contribution in [0.1, 0.15) is 28.9 Å². The van der Waals surface area contributed by atoms with Crippen LogP contribution < -0.4 is 5.32 Å². The average Bonchev–Trinajstić information content (AvgIpc) is 2.98. The molecule has 0 spiro atoms. The molecule has 0 radical (unpaired) electrons. The van der Waals surface area contributed by atoms with Gasteiger partial charge in [-0.3, -0.25) is 4.79 Å². The number of benzene rings is 1. The average molecular weight is 336 g/mol. The van der Waals surface area contributed by atoms with Gasteiger partial charge in [0, 0.05) is 11.9 Å². The topological polar surface area (TPSA) is 80.9 Å². The largest absolute Gasteiger partial charge is 0.468 e. The molecular formula is C15H11F3N4O2. The van der Waals surface area contributed by atoms with Crippen LogP contribution in [0.25, 0.3) is 11.1 Å². The zero-order valence-corrected chi connectivity index (χ0v) is 12.4. The van der Waals surface area contributed by atoms with Crippen LogP contribution in [-0.2, 0) is 12.6 Å². The molecule has 1 amide bonds. The first-order valence-electron chi connectivity index (χ1n) is 6.96. The molecule has 124 valence electrons. The van der Waals surface area contributed by atoms with E-state index in [1.165, 1.54) is 30.7 Å². The number of aromatic nitrogens is 3. The van der Waals surface area contributed by atoms with Gasteiger partial charge in [-0.05, 0) is 24.6 Å². The molecule has 3 rings (SSSR count). The predicted molar refractivity (Wildman–Crippen MR) is 78.4 cm³/mol. The van der Waals surface area contributed by atoms with Gasteiger partial charge in [-0.15, -0.1) is 0 Å². The minimum atomic E-state index is -4.67. The van der Waals surface area contributed by atoms with E-state index in [1.54, 1.807) is 0 Å². The Kier molecular flexibility index (Phi) is 3.92. The van der Waals surface area contributed by atoms with Crippen molar-refractivity contribution in [3.05, 3.63) is 47.9 Å². The number of nitrogens with zero attached hydrogens (tertiary/aromatic N) is 3. The quantitative estimate of drug-likeness (QED) is 0.792. The Morgan fingerprint density at radius 3 is 2.83 bits per heavy atom. The molecule has 0 atom stereocenters. The summed E-state index contributed by atoms with van der Waals surface area (Å²) in [7, 11) is 0. The molecule has 0 bridgehead atoms. The van der Waals surface area contributed by atoms with Crippen LogP contribution in [0.3, 0.4) is 0 Å². The van der Waals surface area contributed by atoms with Crippen molar-refractivity contribution in [1.29, 1.82) is 0 Å². The molecule has 1 N–H and O–H groups in total. The Bertz CT molecular complexity index is 905. The summed E-state index contributed by atoms with van der Waals surface area (Å²) in [5.41, 5.74) is 1.15. The molecule has 0 saturated carbocycles. The molecule has 2 heterocycles. The summed E-state index contributed by atoms with van der Waals surface area (Å²) < 4.78 is 42.4. The summed E-state index contributed by atoms with van der Waals surface area (Å²) in [5, 5.41) is 2.59. The fourth-order valence-electron chi connectivity index (χ4n) is 2.15. The molecule has 24 heavy (non-hydrogen) atoms. The van der Waals surface area contributed by atoms with Crippen molar-refractivity contribution in [2.24, 2.45) is 0 Å². The number of hydrogen-bond acceptors (Lipinski definition) is 5. The van der Waals surface area contributed by atoms with Gasteiger partial charge < -0.3 is 9.73 Å². The highest BCUT2D eigenvalue weighted by Gasteiger charge is 2.37. The van der Waals surface area contributed by atoms with Gasteiger partial charge in [-0.25, -0.2) is 15.0 Å². The van der Waals surface area contributed by atoms with Crippen molar-refractivity contribution in [2.45, 2.75) is 19.5 Å². The Morgan fingerprint density at radius 2 is 2.12 bits per heavy atom. The van der Waals surface area contributed by atoms with E-state index in [0.717, 1.165) is 0 Å². The second-order valence-electron chi connectivity index (χ2n) is 4.89. The van der Waals surface area contributed by atoms with E-state index in [-0.39, 0.29) is 11.1 Å². The zero-order valence-electron chi connectivity index (χ0n) is 12.4. The Hall–Kier alpha value is -2.97. The van der Waals surface area contributed by atoms with E-state index >= 15 is 0 Å². The smallest absolute Gasteiger partial charge is 0.433 e. The van der Waals surface area contributed by atoms with Gasteiger partial charge in [0.25, 0.3) is 5.91 Å². The normalized spacial score (nSPS) is 11.7. The van der Waals surface area contributed by atoms with Crippen molar-refractivity contribution in [3.63, 3.8) is 0 Å². The van der Waals surface area contributed by atoms with Crippen LogP contribution in [0.2, 0.25) is 0 Å². The fourth-order valence-corrected chi connectivity index (χ4v) is 2.15. The standard InChI is InChI=1S/C15H11F3N4O2/c1-2-10-9(6-19-7-20-10)13(23)21-8-3-4-12-11(5-8)22-14(24-12)15(16,17)18/h3-7H,2H2,1H3,(H,21,23). The van der Waals surface area contributed by atoms with Gasteiger partial charge in [0.15, 0.2) is 5.58 Å². The monoisotopic (exact) mass is 336 g/mol. The molecule has 3 aromatic rings. The zero-order chi connectivity index (χ0) is 17.3. The molecule has 1 aromatic carbocycles. The number of anilines is 1. The number of aryl methyl sites for hydroxylation is 1. The SMILES string of the molecule is CCc1ncncc1C(=O)Nc1ccc2oc(C(F)(F)F)nc2c1. The summed E-state index contributed by atoms with van der Waals surface area (Å²) in [4.78, 5) is 23.5. The summed E-state index contributed by atoms with van der Waals surface area (Å²) in [6.45, 7) is 1.85. The van der Waals surface area contributed by atoms with Crippen molar-refractivity contribution < 1.29 is 22.4 Å². The van der Waals surface area contributed by atoms with E-state index in [9.17, 15) is 18.0 Å². The number of fused-ring (bicyclic) bond motifs is 1. The van der Waals surface area contributed by atoms with E-state index < -0.39 is 18.0 Å². The Balaban J connectivity index is 1.89. The summed E-state index contributed by atoms with van der Waals surface area (Å²) >= 11 is 0. The van der Waals surface area contributed by atoms with Gasteiger partial charge in [-0.2, -0.15) is 13.2 Å². The summed E-state index contributed by atoms with van der Waals surface area (Å²) in [6.07, 6.45) is -1.39. The maximum Gasteiger partial charge on any atom is 0.468 e. The molecule has 0 aliphatic heterocycles. The number of halogens is 3. The Labute approximate surface area is 133 Å². The third-order valence-electron chi connectivity index (χ3n) is 3.26. The van der Waals surface area contributed by atoms with Crippen LogP contribution in [0.15, 0.2) is 35.1 Å². The highest BCUT2D eigenvalue weighted by molar-refractivity contribution is 6.05. The van der Waals surface area contributed by atoms with Crippen molar-refractivity contribution >= 4 is 22.7 Å². The molecule has 0 aliphatic carbocycles. The third-order valence-corrected chi connectivity index (χ3v) is 3.26. The number of oxazole rings is 1. The lowest BCUT2D eigenvalue weighted by atomic mass is 10.1. The molecule has 2 aromatic heterocycles. The molecular weight excluding hydrogens is 325 g/mol. The number of amides is 1. The first-order valence-corrected chi connectivity index (χ1v) is 6.96. The lowest BCUT2D eigenvalue weighted by Gasteiger charge is -2.07. The van der Waals surface area contributed by atoms with E-state index in [2.05, 4.69) is 24.7 Å². The van der Waals surface area contributed by atoms with Gasteiger partial charge in [0.1, 0.15) is 11.8 Å². The number of hydrogen-bond donors (Lipinski definition) is 1. The molecule has 0 saturated heterocycles. The minimum Gasteiger partial charge on any atom is -0.433 e. The third kappa shape index (κ3) is 3.05. The predicted octanol–water partition coefficient (Wildman–Crippen LogP) is 3.45. The highest BCUT2D eigenvalue weighted by atomic mass is 19.4. The summed E-state index contributed by atoms with van der Waals surface area (Å²) in [6, 6.07) is 4.05. The molecule has 6 nitrogen and oxygen atoms in total. The first-order chi connectivity index (χ1) is 11.4. The van der Waals surface area contributed by atoms with Crippen LogP contribution >= 0.6 is 0 Å². The van der Waals surface area contributed by atoms with E-state index in [0.29, 0.717) is 23.4 Å². The number of nitrogens with one attached hydrogen (secondary N) is 1. The van der Waals surface area contributed by atoms with Crippen molar-refractivity contribution in [3.8, 4) is 0 Å². The van der Waals surface area contributed by atoms with Gasteiger partial charge in [-0.1, -0.05) is 6.92 Å². The maximum absolute atomic E-state index is 12.6. The second-order valence-corrected chi connectivity index (χ2v) is 4.89. The fraction of sp³-hybridized carbons (Fsp3) is 0.200. The van der Waals surface area contributed by atoms with Gasteiger partial charge >= 0.3 is 12.1 Å². The first kappa shape index (κ1) is 15.9. The molecule has 0 unspecified atom stereocenters. The lowest BCUT2D eigenvalue weighted by molar-refractivity contribution is -0.156. The second kappa shape index (κ2) is 5.91. The van der Waals surface area contributed by atoms with Crippen molar-refractivity contribution in [2.75, 3.05) is 5.32 Å². The number of carbonyl (C=O) groups excluding carboxylic acids is 1. The summed E-state index contributed by atoms with van der Waals surface area (Å²) in [5.74, 6) is -1.78.